The van der Waals surface area contributed by atoms with Crippen LogP contribution in [0.25, 0.3) is 0 Å². The molecule has 0 aromatic rings. The lowest BCUT2D eigenvalue weighted by atomic mass is 9.84. The SMILES string of the molecule is CC1(C(C)(O)C2=CCCCO2)CC1. The molecule has 1 heterocycles. The molecular formula is C11H18O2. The van der Waals surface area contributed by atoms with Crippen LogP contribution in [0.4, 0.5) is 0 Å². The predicted octanol–water partition coefficient (Wildman–Crippen LogP) is 2.23. The summed E-state index contributed by atoms with van der Waals surface area (Å²) in [5, 5.41) is 10.3. The summed E-state index contributed by atoms with van der Waals surface area (Å²) >= 11 is 0. The molecule has 0 amide bonds. The summed E-state index contributed by atoms with van der Waals surface area (Å²) < 4.78 is 5.52. The van der Waals surface area contributed by atoms with E-state index in [0.717, 1.165) is 38.0 Å². The van der Waals surface area contributed by atoms with Crippen molar-refractivity contribution in [1.82, 2.24) is 0 Å². The number of rotatable bonds is 2. The first kappa shape index (κ1) is 9.07. The summed E-state index contributed by atoms with van der Waals surface area (Å²) in [6.07, 6.45) is 6.40. The van der Waals surface area contributed by atoms with Gasteiger partial charge in [0.2, 0.25) is 0 Å². The highest BCUT2D eigenvalue weighted by atomic mass is 16.5. The molecular weight excluding hydrogens is 164 g/mol. The van der Waals surface area contributed by atoms with Gasteiger partial charge in [-0.2, -0.15) is 0 Å². The Balaban J connectivity index is 2.17. The van der Waals surface area contributed by atoms with Crippen molar-refractivity contribution in [3.8, 4) is 0 Å². The van der Waals surface area contributed by atoms with Gasteiger partial charge in [0.1, 0.15) is 11.4 Å². The molecule has 0 aromatic heterocycles. The molecule has 1 aliphatic carbocycles. The van der Waals surface area contributed by atoms with Crippen LogP contribution in [0, 0.1) is 5.41 Å². The van der Waals surface area contributed by atoms with Crippen molar-refractivity contribution >= 4 is 0 Å². The molecule has 1 unspecified atom stereocenters. The van der Waals surface area contributed by atoms with Crippen LogP contribution < -0.4 is 0 Å². The highest BCUT2D eigenvalue weighted by Gasteiger charge is 2.55. The maximum Gasteiger partial charge on any atom is 0.124 e. The van der Waals surface area contributed by atoms with E-state index in [4.69, 9.17) is 4.74 Å². The summed E-state index contributed by atoms with van der Waals surface area (Å²) in [7, 11) is 0. The maximum atomic E-state index is 10.3. The van der Waals surface area contributed by atoms with Gasteiger partial charge < -0.3 is 9.84 Å². The number of hydrogen-bond acceptors (Lipinski definition) is 2. The lowest BCUT2D eigenvalue weighted by molar-refractivity contribution is -0.0312. The molecule has 2 rings (SSSR count). The zero-order valence-electron chi connectivity index (χ0n) is 8.47. The molecule has 0 spiro atoms. The minimum absolute atomic E-state index is 0.0656. The quantitative estimate of drug-likeness (QED) is 0.709. The fraction of sp³-hybridized carbons (Fsp3) is 0.818. The molecule has 1 saturated carbocycles. The molecule has 1 aliphatic heterocycles. The van der Waals surface area contributed by atoms with Crippen LogP contribution in [0.1, 0.15) is 39.5 Å². The first-order valence-corrected chi connectivity index (χ1v) is 5.12. The van der Waals surface area contributed by atoms with E-state index in [0.29, 0.717) is 0 Å². The van der Waals surface area contributed by atoms with Gasteiger partial charge in [0, 0.05) is 5.41 Å². The van der Waals surface area contributed by atoms with E-state index in [1.165, 1.54) is 0 Å². The van der Waals surface area contributed by atoms with Crippen LogP contribution in [0.3, 0.4) is 0 Å². The number of aliphatic hydroxyl groups is 1. The Morgan fingerprint density at radius 2 is 2.23 bits per heavy atom. The third-order valence-corrected chi connectivity index (χ3v) is 3.59. The number of allylic oxidation sites excluding steroid dienone is 1. The van der Waals surface area contributed by atoms with Crippen molar-refractivity contribution in [2.24, 2.45) is 5.41 Å². The average Bonchev–Trinajstić information content (AvgIpc) is 2.87. The van der Waals surface area contributed by atoms with E-state index in [9.17, 15) is 5.11 Å². The van der Waals surface area contributed by atoms with E-state index in [-0.39, 0.29) is 5.41 Å². The molecule has 1 N–H and O–H groups in total. The van der Waals surface area contributed by atoms with Gasteiger partial charge in [-0.05, 0) is 38.7 Å². The molecule has 0 radical (unpaired) electrons. The first-order valence-electron chi connectivity index (χ1n) is 5.12. The van der Waals surface area contributed by atoms with Crippen molar-refractivity contribution in [2.45, 2.75) is 45.1 Å². The molecule has 2 nitrogen and oxygen atoms in total. The van der Waals surface area contributed by atoms with Gasteiger partial charge >= 0.3 is 0 Å². The van der Waals surface area contributed by atoms with Crippen LogP contribution in [0.15, 0.2) is 11.8 Å². The standard InChI is InChI=1S/C11H18O2/c1-10(6-7-10)11(2,12)9-5-3-4-8-13-9/h5,12H,3-4,6-8H2,1-2H3. The Hall–Kier alpha value is -0.500. The Bertz CT molecular complexity index is 236. The number of hydrogen-bond donors (Lipinski definition) is 1. The third kappa shape index (κ3) is 1.37. The average molecular weight is 182 g/mol. The monoisotopic (exact) mass is 182 g/mol. The van der Waals surface area contributed by atoms with Gasteiger partial charge in [-0.15, -0.1) is 0 Å². The smallest absolute Gasteiger partial charge is 0.124 e. The van der Waals surface area contributed by atoms with E-state index >= 15 is 0 Å². The molecule has 2 heteroatoms. The van der Waals surface area contributed by atoms with Gasteiger partial charge in [-0.1, -0.05) is 6.92 Å². The largest absolute Gasteiger partial charge is 0.495 e. The third-order valence-electron chi connectivity index (χ3n) is 3.59. The number of ether oxygens (including phenoxy) is 1. The summed E-state index contributed by atoms with van der Waals surface area (Å²) in [6, 6.07) is 0. The summed E-state index contributed by atoms with van der Waals surface area (Å²) in [6.45, 7) is 4.78. The molecule has 0 saturated heterocycles. The topological polar surface area (TPSA) is 29.5 Å². The molecule has 1 fully saturated rings. The minimum atomic E-state index is -0.743. The van der Waals surface area contributed by atoms with Crippen molar-refractivity contribution in [3.63, 3.8) is 0 Å². The predicted molar refractivity (Wildman–Crippen MR) is 51.2 cm³/mol. The fourth-order valence-corrected chi connectivity index (χ4v) is 1.87. The van der Waals surface area contributed by atoms with Crippen LogP contribution in [0.5, 0.6) is 0 Å². The first-order chi connectivity index (χ1) is 6.06. The molecule has 1 atom stereocenters. The molecule has 13 heavy (non-hydrogen) atoms. The van der Waals surface area contributed by atoms with Crippen molar-refractivity contribution < 1.29 is 9.84 Å². The second-order valence-electron chi connectivity index (χ2n) is 4.69. The summed E-state index contributed by atoms with van der Waals surface area (Å²) in [4.78, 5) is 0. The van der Waals surface area contributed by atoms with Crippen LogP contribution in [-0.4, -0.2) is 17.3 Å². The van der Waals surface area contributed by atoms with Crippen molar-refractivity contribution in [2.75, 3.05) is 6.61 Å². The van der Waals surface area contributed by atoms with Crippen LogP contribution in [-0.2, 0) is 4.74 Å². The Kier molecular flexibility index (Phi) is 1.91. The van der Waals surface area contributed by atoms with E-state index in [1.807, 2.05) is 13.0 Å². The van der Waals surface area contributed by atoms with Gasteiger partial charge in [0.25, 0.3) is 0 Å². The molecule has 74 valence electrons. The van der Waals surface area contributed by atoms with E-state index < -0.39 is 5.60 Å². The van der Waals surface area contributed by atoms with Gasteiger partial charge in [0.05, 0.1) is 6.61 Å². The van der Waals surface area contributed by atoms with Gasteiger partial charge in [-0.3, -0.25) is 0 Å². The zero-order chi connectivity index (χ0) is 9.53. The Morgan fingerprint density at radius 3 is 2.69 bits per heavy atom. The van der Waals surface area contributed by atoms with Crippen LogP contribution >= 0.6 is 0 Å². The van der Waals surface area contributed by atoms with Crippen LogP contribution in [0.2, 0.25) is 0 Å². The maximum absolute atomic E-state index is 10.3. The Morgan fingerprint density at radius 1 is 1.54 bits per heavy atom. The highest BCUT2D eigenvalue weighted by Crippen LogP contribution is 2.56. The minimum Gasteiger partial charge on any atom is -0.495 e. The molecule has 0 aromatic carbocycles. The summed E-state index contributed by atoms with van der Waals surface area (Å²) in [5.74, 6) is 0.804. The van der Waals surface area contributed by atoms with Gasteiger partial charge in [-0.25, -0.2) is 0 Å². The summed E-state index contributed by atoms with van der Waals surface area (Å²) in [5.41, 5.74) is -0.677. The molecule has 2 aliphatic rings. The lowest BCUT2D eigenvalue weighted by Gasteiger charge is -2.34. The fourth-order valence-electron chi connectivity index (χ4n) is 1.87. The lowest BCUT2D eigenvalue weighted by Crippen LogP contribution is -2.38. The second kappa shape index (κ2) is 2.74. The highest BCUT2D eigenvalue weighted by molar-refractivity contribution is 5.20. The normalized spacial score (nSPS) is 29.9. The van der Waals surface area contributed by atoms with Crippen molar-refractivity contribution in [3.05, 3.63) is 11.8 Å². The molecule has 0 bridgehead atoms. The zero-order valence-corrected chi connectivity index (χ0v) is 8.47. The van der Waals surface area contributed by atoms with Crippen molar-refractivity contribution in [1.29, 1.82) is 0 Å². The van der Waals surface area contributed by atoms with E-state index in [2.05, 4.69) is 6.92 Å². The second-order valence-corrected chi connectivity index (χ2v) is 4.69. The van der Waals surface area contributed by atoms with E-state index in [1.54, 1.807) is 0 Å². The Labute approximate surface area is 79.6 Å². The van der Waals surface area contributed by atoms with Gasteiger partial charge in [0.15, 0.2) is 0 Å².